The van der Waals surface area contributed by atoms with Gasteiger partial charge in [0.1, 0.15) is 0 Å². The molecule has 0 saturated heterocycles. The number of hydrogen-bond donors (Lipinski definition) is 2. The highest BCUT2D eigenvalue weighted by molar-refractivity contribution is 5.81. The SMILES string of the molecule is C=CCC(N)C(=O)NCCOCC. The van der Waals surface area contributed by atoms with Crippen molar-refractivity contribution in [2.24, 2.45) is 5.73 Å². The molecule has 0 aliphatic rings. The molecule has 0 bridgehead atoms. The first-order valence-corrected chi connectivity index (χ1v) is 4.44. The van der Waals surface area contributed by atoms with Crippen LogP contribution in [0.3, 0.4) is 0 Å². The number of amides is 1. The maximum Gasteiger partial charge on any atom is 0.237 e. The van der Waals surface area contributed by atoms with Gasteiger partial charge in [-0.2, -0.15) is 0 Å². The van der Waals surface area contributed by atoms with Crippen LogP contribution >= 0.6 is 0 Å². The Hall–Kier alpha value is -0.870. The zero-order chi connectivity index (χ0) is 10.1. The highest BCUT2D eigenvalue weighted by atomic mass is 16.5. The summed E-state index contributed by atoms with van der Waals surface area (Å²) < 4.78 is 5.05. The van der Waals surface area contributed by atoms with E-state index in [0.29, 0.717) is 26.2 Å². The standard InChI is InChI=1S/C9H18N2O2/c1-3-5-8(10)9(12)11-6-7-13-4-2/h3,8H,1,4-7,10H2,2H3,(H,11,12). The topological polar surface area (TPSA) is 64.4 Å². The van der Waals surface area contributed by atoms with E-state index in [1.165, 1.54) is 0 Å². The Morgan fingerprint density at radius 3 is 3.00 bits per heavy atom. The maximum absolute atomic E-state index is 11.2. The van der Waals surface area contributed by atoms with Crippen molar-refractivity contribution in [2.75, 3.05) is 19.8 Å². The fraction of sp³-hybridized carbons (Fsp3) is 0.667. The van der Waals surface area contributed by atoms with E-state index >= 15 is 0 Å². The van der Waals surface area contributed by atoms with Gasteiger partial charge in [0.25, 0.3) is 0 Å². The minimum Gasteiger partial charge on any atom is -0.380 e. The number of carbonyl (C=O) groups excluding carboxylic acids is 1. The van der Waals surface area contributed by atoms with E-state index in [-0.39, 0.29) is 5.91 Å². The van der Waals surface area contributed by atoms with E-state index in [1.807, 2.05) is 6.92 Å². The molecule has 0 aliphatic heterocycles. The van der Waals surface area contributed by atoms with Crippen LogP contribution in [0.2, 0.25) is 0 Å². The molecule has 3 N–H and O–H groups in total. The van der Waals surface area contributed by atoms with Crippen molar-refractivity contribution in [3.8, 4) is 0 Å². The van der Waals surface area contributed by atoms with Gasteiger partial charge in [-0.3, -0.25) is 4.79 Å². The van der Waals surface area contributed by atoms with Gasteiger partial charge in [0.2, 0.25) is 5.91 Å². The lowest BCUT2D eigenvalue weighted by molar-refractivity contribution is -0.122. The molecule has 1 amide bonds. The number of nitrogens with two attached hydrogens (primary N) is 1. The molecular weight excluding hydrogens is 168 g/mol. The fourth-order valence-corrected chi connectivity index (χ4v) is 0.808. The molecule has 0 fully saturated rings. The normalized spacial score (nSPS) is 12.2. The average Bonchev–Trinajstić information content (AvgIpc) is 2.12. The summed E-state index contributed by atoms with van der Waals surface area (Å²) in [6.45, 7) is 7.12. The van der Waals surface area contributed by atoms with Crippen molar-refractivity contribution in [1.29, 1.82) is 0 Å². The molecule has 0 heterocycles. The molecule has 0 saturated carbocycles. The molecule has 0 radical (unpaired) electrons. The van der Waals surface area contributed by atoms with Crippen molar-refractivity contribution in [3.05, 3.63) is 12.7 Å². The molecule has 1 atom stereocenters. The molecule has 0 spiro atoms. The van der Waals surface area contributed by atoms with Crippen molar-refractivity contribution < 1.29 is 9.53 Å². The van der Waals surface area contributed by atoms with Crippen LogP contribution < -0.4 is 11.1 Å². The van der Waals surface area contributed by atoms with E-state index in [2.05, 4.69) is 11.9 Å². The summed E-state index contributed by atoms with van der Waals surface area (Å²) in [4.78, 5) is 11.2. The van der Waals surface area contributed by atoms with Crippen molar-refractivity contribution in [3.63, 3.8) is 0 Å². The summed E-state index contributed by atoms with van der Waals surface area (Å²) in [7, 11) is 0. The van der Waals surface area contributed by atoms with Crippen molar-refractivity contribution in [2.45, 2.75) is 19.4 Å². The van der Waals surface area contributed by atoms with Gasteiger partial charge in [-0.15, -0.1) is 6.58 Å². The minimum absolute atomic E-state index is 0.153. The third-order valence-electron chi connectivity index (χ3n) is 1.51. The summed E-state index contributed by atoms with van der Waals surface area (Å²) >= 11 is 0. The molecule has 76 valence electrons. The third kappa shape index (κ3) is 6.31. The second-order valence-corrected chi connectivity index (χ2v) is 2.62. The molecule has 4 nitrogen and oxygen atoms in total. The van der Waals surface area contributed by atoms with E-state index < -0.39 is 6.04 Å². The molecule has 0 aliphatic carbocycles. The predicted octanol–water partition coefficient (Wildman–Crippen LogP) is 0.0425. The molecule has 1 unspecified atom stereocenters. The van der Waals surface area contributed by atoms with Gasteiger partial charge < -0.3 is 15.8 Å². The second-order valence-electron chi connectivity index (χ2n) is 2.62. The van der Waals surface area contributed by atoms with Gasteiger partial charge >= 0.3 is 0 Å². The Balaban J connectivity index is 3.44. The smallest absolute Gasteiger partial charge is 0.237 e. The van der Waals surface area contributed by atoms with Crippen LogP contribution in [0, 0.1) is 0 Å². The monoisotopic (exact) mass is 186 g/mol. The highest BCUT2D eigenvalue weighted by Crippen LogP contribution is 1.87. The number of hydrogen-bond acceptors (Lipinski definition) is 3. The molecule has 13 heavy (non-hydrogen) atoms. The van der Waals surface area contributed by atoms with Gasteiger partial charge in [-0.05, 0) is 13.3 Å². The van der Waals surface area contributed by atoms with Crippen LogP contribution in [0.4, 0.5) is 0 Å². The lowest BCUT2D eigenvalue weighted by Crippen LogP contribution is -2.41. The molecule has 0 aromatic carbocycles. The van der Waals surface area contributed by atoms with Gasteiger partial charge in [0.05, 0.1) is 12.6 Å². The lowest BCUT2D eigenvalue weighted by atomic mass is 10.2. The summed E-state index contributed by atoms with van der Waals surface area (Å²) in [5.41, 5.74) is 5.52. The Morgan fingerprint density at radius 1 is 1.77 bits per heavy atom. The summed E-state index contributed by atoms with van der Waals surface area (Å²) in [5.74, 6) is -0.153. The van der Waals surface area contributed by atoms with Crippen LogP contribution in [0.25, 0.3) is 0 Å². The summed E-state index contributed by atoms with van der Waals surface area (Å²) in [5, 5.41) is 2.67. The Kier molecular flexibility index (Phi) is 7.24. The van der Waals surface area contributed by atoms with Gasteiger partial charge in [-0.25, -0.2) is 0 Å². The first-order valence-electron chi connectivity index (χ1n) is 4.44. The van der Waals surface area contributed by atoms with Crippen molar-refractivity contribution in [1.82, 2.24) is 5.32 Å². The van der Waals surface area contributed by atoms with Crippen molar-refractivity contribution >= 4 is 5.91 Å². The minimum atomic E-state index is -0.487. The lowest BCUT2D eigenvalue weighted by Gasteiger charge is -2.09. The van der Waals surface area contributed by atoms with Crippen LogP contribution in [0.5, 0.6) is 0 Å². The van der Waals surface area contributed by atoms with Crippen LogP contribution in [-0.2, 0) is 9.53 Å². The van der Waals surface area contributed by atoms with Gasteiger partial charge in [0.15, 0.2) is 0 Å². The molecule has 0 aromatic heterocycles. The van der Waals surface area contributed by atoms with Crippen LogP contribution in [0.1, 0.15) is 13.3 Å². The Bertz CT molecular complexity index is 160. The fourth-order valence-electron chi connectivity index (χ4n) is 0.808. The quantitative estimate of drug-likeness (QED) is 0.436. The molecule has 0 aromatic rings. The van der Waals surface area contributed by atoms with Crippen LogP contribution in [-0.4, -0.2) is 31.7 Å². The third-order valence-corrected chi connectivity index (χ3v) is 1.51. The first kappa shape index (κ1) is 12.1. The second kappa shape index (κ2) is 7.76. The number of nitrogens with one attached hydrogen (secondary N) is 1. The molecule has 4 heteroatoms. The summed E-state index contributed by atoms with van der Waals surface area (Å²) in [6, 6.07) is -0.487. The predicted molar refractivity (Wildman–Crippen MR) is 52.3 cm³/mol. The Morgan fingerprint density at radius 2 is 2.46 bits per heavy atom. The molecule has 0 rings (SSSR count). The Labute approximate surface area is 79.1 Å². The highest BCUT2D eigenvalue weighted by Gasteiger charge is 2.09. The van der Waals surface area contributed by atoms with E-state index in [1.54, 1.807) is 6.08 Å². The zero-order valence-corrected chi connectivity index (χ0v) is 8.08. The first-order chi connectivity index (χ1) is 6.22. The summed E-state index contributed by atoms with van der Waals surface area (Å²) in [6.07, 6.45) is 2.13. The van der Waals surface area contributed by atoms with Gasteiger partial charge in [0, 0.05) is 13.2 Å². The average molecular weight is 186 g/mol. The van der Waals surface area contributed by atoms with E-state index in [4.69, 9.17) is 10.5 Å². The maximum atomic E-state index is 11.2. The van der Waals surface area contributed by atoms with Gasteiger partial charge in [-0.1, -0.05) is 6.08 Å². The number of ether oxygens (including phenoxy) is 1. The zero-order valence-electron chi connectivity index (χ0n) is 8.08. The largest absolute Gasteiger partial charge is 0.380 e. The van der Waals surface area contributed by atoms with Crippen LogP contribution in [0.15, 0.2) is 12.7 Å². The number of rotatable bonds is 7. The van der Waals surface area contributed by atoms with E-state index in [9.17, 15) is 4.79 Å². The number of carbonyl (C=O) groups is 1. The van der Waals surface area contributed by atoms with E-state index in [0.717, 1.165) is 0 Å². The molecular formula is C9H18N2O2.